The summed E-state index contributed by atoms with van der Waals surface area (Å²) in [6, 6.07) is 15.0. The Bertz CT molecular complexity index is 1150. The summed E-state index contributed by atoms with van der Waals surface area (Å²) in [7, 11) is 1.62. The predicted molar refractivity (Wildman–Crippen MR) is 122 cm³/mol. The topological polar surface area (TPSA) is 97.6 Å². The third-order valence-electron chi connectivity index (χ3n) is 6.43. The van der Waals surface area contributed by atoms with Gasteiger partial charge < -0.3 is 19.5 Å². The van der Waals surface area contributed by atoms with Crippen LogP contribution in [0.3, 0.4) is 0 Å². The first-order chi connectivity index (χ1) is 16.1. The largest absolute Gasteiger partial charge is 0.497 e. The Morgan fingerprint density at radius 3 is 2.76 bits per heavy atom. The number of nitrogens with one attached hydrogen (secondary N) is 1. The van der Waals surface area contributed by atoms with Gasteiger partial charge in [-0.15, -0.1) is 0 Å². The molecule has 1 unspecified atom stereocenters. The van der Waals surface area contributed by atoms with Crippen LogP contribution in [0.15, 0.2) is 53.1 Å². The van der Waals surface area contributed by atoms with Crippen LogP contribution in [-0.2, 0) is 16.1 Å². The molecule has 3 aromatic rings. The summed E-state index contributed by atoms with van der Waals surface area (Å²) >= 11 is 0. The van der Waals surface area contributed by atoms with Crippen LogP contribution >= 0.6 is 0 Å². The number of amides is 2. The highest BCUT2D eigenvalue weighted by molar-refractivity contribution is 6.00. The number of anilines is 1. The Kier molecular flexibility index (Phi) is 5.81. The third kappa shape index (κ3) is 4.46. The van der Waals surface area contributed by atoms with E-state index in [0.29, 0.717) is 30.7 Å². The van der Waals surface area contributed by atoms with Crippen LogP contribution in [0.1, 0.15) is 43.1 Å². The van der Waals surface area contributed by atoms with Gasteiger partial charge in [-0.3, -0.25) is 9.59 Å². The predicted octanol–water partition coefficient (Wildman–Crippen LogP) is 3.68. The normalized spacial score (nSPS) is 18.3. The van der Waals surface area contributed by atoms with E-state index in [9.17, 15) is 9.59 Å². The van der Waals surface area contributed by atoms with Crippen molar-refractivity contribution in [3.63, 3.8) is 0 Å². The first-order valence-corrected chi connectivity index (χ1v) is 11.3. The van der Waals surface area contributed by atoms with E-state index in [1.54, 1.807) is 12.0 Å². The van der Waals surface area contributed by atoms with Crippen molar-refractivity contribution in [2.75, 3.05) is 18.6 Å². The maximum atomic E-state index is 12.7. The highest BCUT2D eigenvalue weighted by Crippen LogP contribution is 2.36. The molecule has 0 spiro atoms. The summed E-state index contributed by atoms with van der Waals surface area (Å²) in [6.07, 6.45) is 3.56. The number of ether oxygens (including phenoxy) is 1. The van der Waals surface area contributed by atoms with Gasteiger partial charge in [0.15, 0.2) is 0 Å². The summed E-state index contributed by atoms with van der Waals surface area (Å²) in [5, 5.41) is 7.06. The fourth-order valence-electron chi connectivity index (χ4n) is 4.20. The molecule has 2 fully saturated rings. The zero-order valence-electron chi connectivity index (χ0n) is 18.5. The fourth-order valence-corrected chi connectivity index (χ4v) is 4.20. The van der Waals surface area contributed by atoms with E-state index in [2.05, 4.69) is 15.5 Å². The maximum Gasteiger partial charge on any atom is 0.230 e. The second-order valence-corrected chi connectivity index (χ2v) is 8.61. The number of carbonyl (C=O) groups excluding carboxylic acids is 2. The standard InChI is InChI=1S/C25H26N4O4/c1-32-21-10-8-16(9-11-21)14-26-24(31)19-13-22(30)29(15-19)20-7-3-6-18(12-20)23-27-25(33-28-23)17-4-2-5-17/h3,6-12,17,19H,2,4-5,13-15H2,1H3,(H,26,31). The zero-order valence-corrected chi connectivity index (χ0v) is 18.5. The van der Waals surface area contributed by atoms with Crippen molar-refractivity contribution < 1.29 is 18.8 Å². The quantitative estimate of drug-likeness (QED) is 0.595. The van der Waals surface area contributed by atoms with Crippen molar-refractivity contribution in [1.82, 2.24) is 15.5 Å². The van der Waals surface area contributed by atoms with E-state index >= 15 is 0 Å². The lowest BCUT2D eigenvalue weighted by Crippen LogP contribution is -2.32. The molecule has 1 aliphatic heterocycles. The van der Waals surface area contributed by atoms with Crippen molar-refractivity contribution in [2.24, 2.45) is 5.92 Å². The molecule has 8 heteroatoms. The second kappa shape index (κ2) is 9.05. The lowest BCUT2D eigenvalue weighted by atomic mass is 9.85. The minimum atomic E-state index is -0.394. The van der Waals surface area contributed by atoms with E-state index in [-0.39, 0.29) is 18.2 Å². The first kappa shape index (κ1) is 21.2. The molecular weight excluding hydrogens is 420 g/mol. The first-order valence-electron chi connectivity index (χ1n) is 11.3. The van der Waals surface area contributed by atoms with Gasteiger partial charge in [0.2, 0.25) is 23.5 Å². The second-order valence-electron chi connectivity index (χ2n) is 8.61. The van der Waals surface area contributed by atoms with Crippen LogP contribution in [-0.4, -0.2) is 35.6 Å². The highest BCUT2D eigenvalue weighted by Gasteiger charge is 2.35. The molecule has 8 nitrogen and oxygen atoms in total. The molecule has 2 aromatic carbocycles. The molecule has 2 heterocycles. The molecule has 1 saturated heterocycles. The number of methoxy groups -OCH3 is 1. The molecule has 1 aromatic heterocycles. The number of carbonyl (C=O) groups is 2. The number of rotatable bonds is 7. The summed E-state index contributed by atoms with van der Waals surface area (Å²) in [4.78, 5) is 31.6. The summed E-state index contributed by atoms with van der Waals surface area (Å²) in [5.74, 6) is 1.76. The summed E-state index contributed by atoms with van der Waals surface area (Å²) < 4.78 is 10.6. The third-order valence-corrected chi connectivity index (χ3v) is 6.43. The van der Waals surface area contributed by atoms with E-state index in [1.165, 1.54) is 6.42 Å². The molecule has 170 valence electrons. The smallest absolute Gasteiger partial charge is 0.230 e. The van der Waals surface area contributed by atoms with Gasteiger partial charge in [0.05, 0.1) is 13.0 Å². The van der Waals surface area contributed by atoms with E-state index in [1.807, 2.05) is 48.5 Å². The Labute approximate surface area is 191 Å². The number of nitrogens with zero attached hydrogens (tertiary/aromatic N) is 3. The Balaban J connectivity index is 1.23. The van der Waals surface area contributed by atoms with Crippen LogP contribution < -0.4 is 15.0 Å². The molecule has 5 rings (SSSR count). The Morgan fingerprint density at radius 2 is 2.03 bits per heavy atom. The average molecular weight is 447 g/mol. The van der Waals surface area contributed by atoms with Crippen molar-refractivity contribution >= 4 is 17.5 Å². The Morgan fingerprint density at radius 1 is 1.21 bits per heavy atom. The number of hydrogen-bond donors (Lipinski definition) is 1. The van der Waals surface area contributed by atoms with Gasteiger partial charge in [-0.25, -0.2) is 0 Å². The van der Waals surface area contributed by atoms with E-state index in [0.717, 1.165) is 35.4 Å². The zero-order chi connectivity index (χ0) is 22.8. The van der Waals surface area contributed by atoms with Gasteiger partial charge in [-0.05, 0) is 42.7 Å². The van der Waals surface area contributed by atoms with Crippen LogP contribution in [0.4, 0.5) is 5.69 Å². The molecule has 2 aliphatic rings. The van der Waals surface area contributed by atoms with Gasteiger partial charge in [-0.2, -0.15) is 4.98 Å². The molecule has 1 N–H and O–H groups in total. The highest BCUT2D eigenvalue weighted by atomic mass is 16.5. The molecule has 1 saturated carbocycles. The number of benzene rings is 2. The van der Waals surface area contributed by atoms with Crippen LogP contribution in [0.5, 0.6) is 5.75 Å². The maximum absolute atomic E-state index is 12.7. The number of aromatic nitrogens is 2. The van der Waals surface area contributed by atoms with Gasteiger partial charge in [0.25, 0.3) is 0 Å². The van der Waals surface area contributed by atoms with Gasteiger partial charge in [0, 0.05) is 36.7 Å². The molecule has 33 heavy (non-hydrogen) atoms. The molecule has 0 bridgehead atoms. The van der Waals surface area contributed by atoms with E-state index < -0.39 is 5.92 Å². The summed E-state index contributed by atoms with van der Waals surface area (Å²) in [6.45, 7) is 0.750. The SMILES string of the molecule is COc1ccc(CNC(=O)C2CC(=O)N(c3cccc(-c4noc(C5CCC5)n4)c3)C2)cc1. The minimum absolute atomic E-state index is 0.0694. The molecule has 2 amide bonds. The minimum Gasteiger partial charge on any atom is -0.497 e. The monoisotopic (exact) mass is 446 g/mol. The lowest BCUT2D eigenvalue weighted by Gasteiger charge is -2.20. The fraction of sp³-hybridized carbons (Fsp3) is 0.360. The van der Waals surface area contributed by atoms with Gasteiger partial charge in [0.1, 0.15) is 5.75 Å². The van der Waals surface area contributed by atoms with Crippen molar-refractivity contribution in [2.45, 2.75) is 38.1 Å². The molecule has 1 aliphatic carbocycles. The summed E-state index contributed by atoms with van der Waals surface area (Å²) in [5.41, 5.74) is 2.50. The van der Waals surface area contributed by atoms with Crippen molar-refractivity contribution in [1.29, 1.82) is 0 Å². The van der Waals surface area contributed by atoms with Gasteiger partial charge in [-0.1, -0.05) is 35.8 Å². The van der Waals surface area contributed by atoms with Crippen LogP contribution in [0.25, 0.3) is 11.4 Å². The van der Waals surface area contributed by atoms with Crippen molar-refractivity contribution in [3.05, 3.63) is 60.0 Å². The van der Waals surface area contributed by atoms with Gasteiger partial charge >= 0.3 is 0 Å². The van der Waals surface area contributed by atoms with Crippen LogP contribution in [0.2, 0.25) is 0 Å². The Hall–Kier alpha value is -3.68. The molecule has 1 atom stereocenters. The van der Waals surface area contributed by atoms with Crippen LogP contribution in [0, 0.1) is 5.92 Å². The lowest BCUT2D eigenvalue weighted by molar-refractivity contribution is -0.126. The number of hydrogen-bond acceptors (Lipinski definition) is 6. The average Bonchev–Trinajstić information content (AvgIpc) is 3.44. The molecule has 0 radical (unpaired) electrons. The van der Waals surface area contributed by atoms with Crippen molar-refractivity contribution in [3.8, 4) is 17.1 Å². The van der Waals surface area contributed by atoms with E-state index in [4.69, 9.17) is 9.26 Å². The molecular formula is C25H26N4O4.